The number of aryl methyl sites for hydroxylation is 2. The highest BCUT2D eigenvalue weighted by molar-refractivity contribution is 6.30. The third-order valence-corrected chi connectivity index (χ3v) is 5.75. The molecule has 0 fully saturated rings. The predicted octanol–water partition coefficient (Wildman–Crippen LogP) is 6.06. The van der Waals surface area contributed by atoms with Gasteiger partial charge in [-0.1, -0.05) is 75.2 Å². The monoisotopic (exact) mass is 400 g/mol. The highest BCUT2D eigenvalue weighted by Gasteiger charge is 2.33. The Labute approximate surface area is 177 Å². The van der Waals surface area contributed by atoms with E-state index in [2.05, 4.69) is 48.1 Å². The highest BCUT2D eigenvalue weighted by atomic mass is 16.3. The van der Waals surface area contributed by atoms with Gasteiger partial charge >= 0.3 is 0 Å². The van der Waals surface area contributed by atoms with Crippen molar-refractivity contribution >= 4 is 11.6 Å². The average Bonchev–Trinajstić information content (AvgIpc) is 3.30. The third kappa shape index (κ3) is 3.82. The predicted molar refractivity (Wildman–Crippen MR) is 122 cm³/mol. The lowest BCUT2D eigenvalue weighted by Crippen LogP contribution is -2.00. The van der Waals surface area contributed by atoms with E-state index >= 15 is 0 Å². The van der Waals surface area contributed by atoms with Gasteiger partial charge in [0.25, 0.3) is 5.91 Å². The molecular formula is C26H28N2O2. The van der Waals surface area contributed by atoms with E-state index < -0.39 is 0 Å². The van der Waals surface area contributed by atoms with E-state index in [1.165, 1.54) is 11.1 Å². The van der Waals surface area contributed by atoms with Gasteiger partial charge < -0.3 is 10.1 Å². The van der Waals surface area contributed by atoms with Crippen LogP contribution in [0.15, 0.2) is 53.5 Å². The summed E-state index contributed by atoms with van der Waals surface area (Å²) >= 11 is 0. The Kier molecular flexibility index (Phi) is 5.84. The summed E-state index contributed by atoms with van der Waals surface area (Å²) < 4.78 is 0. The Morgan fingerprint density at radius 3 is 1.87 bits per heavy atom. The number of fused-ring (bicyclic) bond motifs is 1. The molecule has 4 heteroatoms. The minimum absolute atomic E-state index is 0.00489. The molecule has 0 saturated carbocycles. The van der Waals surface area contributed by atoms with Crippen LogP contribution in [0.1, 0.15) is 72.1 Å². The SMILES string of the molecule is CCCCc1ccc(C2=NC(=O)c3c(-c4ccc(CCCC)cc4)[nH]c(O)c32)cc1. The standard InChI is InChI=1S/C26H28N2O2/c1-3-5-7-17-9-13-19(14-10-17)23-21-22(26(30)27-23)24(28-25(21)29)20-15-11-18(12-16-20)8-6-4-2/h9-16,27,30H,3-8H2,1-2H3. The number of hydrogen-bond acceptors (Lipinski definition) is 2. The van der Waals surface area contributed by atoms with Crippen LogP contribution in [0.2, 0.25) is 0 Å². The highest BCUT2D eigenvalue weighted by Crippen LogP contribution is 2.38. The van der Waals surface area contributed by atoms with Crippen molar-refractivity contribution in [1.29, 1.82) is 0 Å². The lowest BCUT2D eigenvalue weighted by atomic mass is 9.98. The first kappa shape index (κ1) is 20.1. The summed E-state index contributed by atoms with van der Waals surface area (Å²) in [5.74, 6) is -0.314. The van der Waals surface area contributed by atoms with Crippen molar-refractivity contribution in [3.05, 3.63) is 76.3 Å². The van der Waals surface area contributed by atoms with E-state index in [1.54, 1.807) is 0 Å². The number of nitrogens with zero attached hydrogens (tertiary/aromatic N) is 1. The first-order chi connectivity index (χ1) is 14.6. The number of amides is 1. The third-order valence-electron chi connectivity index (χ3n) is 5.75. The van der Waals surface area contributed by atoms with E-state index in [9.17, 15) is 9.90 Å². The second-order valence-corrected chi connectivity index (χ2v) is 7.97. The average molecular weight is 401 g/mol. The minimum Gasteiger partial charge on any atom is -0.494 e. The normalized spacial score (nSPS) is 12.9. The molecule has 0 atom stereocenters. The van der Waals surface area contributed by atoms with Gasteiger partial charge in [0.1, 0.15) is 0 Å². The van der Waals surface area contributed by atoms with Crippen LogP contribution in [0, 0.1) is 0 Å². The maximum atomic E-state index is 12.8. The smallest absolute Gasteiger partial charge is 0.280 e. The number of carbonyl (C=O) groups excluding carboxylic acids is 1. The van der Waals surface area contributed by atoms with E-state index in [0.29, 0.717) is 22.5 Å². The maximum Gasteiger partial charge on any atom is 0.280 e. The number of H-pyrrole nitrogens is 1. The van der Waals surface area contributed by atoms with Gasteiger partial charge in [-0.15, -0.1) is 0 Å². The minimum atomic E-state index is -0.309. The van der Waals surface area contributed by atoms with Crippen molar-refractivity contribution < 1.29 is 9.90 Å². The number of aromatic amines is 1. The summed E-state index contributed by atoms with van der Waals surface area (Å²) in [5.41, 5.74) is 6.41. The van der Waals surface area contributed by atoms with Gasteiger partial charge in [0, 0.05) is 5.56 Å². The van der Waals surface area contributed by atoms with Crippen molar-refractivity contribution in [1.82, 2.24) is 4.98 Å². The van der Waals surface area contributed by atoms with E-state index in [4.69, 9.17) is 0 Å². The van der Waals surface area contributed by atoms with Crippen molar-refractivity contribution in [2.45, 2.75) is 52.4 Å². The first-order valence-corrected chi connectivity index (χ1v) is 10.9. The number of rotatable bonds is 8. The zero-order valence-electron chi connectivity index (χ0n) is 17.7. The molecule has 4 nitrogen and oxygen atoms in total. The topological polar surface area (TPSA) is 65.5 Å². The molecule has 2 N–H and O–H groups in total. The lowest BCUT2D eigenvalue weighted by Gasteiger charge is -2.04. The summed E-state index contributed by atoms with van der Waals surface area (Å²) in [6, 6.07) is 16.3. The molecule has 0 unspecified atom stereocenters. The molecule has 4 rings (SSSR count). The summed E-state index contributed by atoms with van der Waals surface area (Å²) in [7, 11) is 0. The van der Waals surface area contributed by atoms with Gasteiger partial charge in [0.2, 0.25) is 0 Å². The number of aliphatic imine (C=N–C) groups is 1. The lowest BCUT2D eigenvalue weighted by molar-refractivity contribution is 0.101. The number of carbonyl (C=O) groups is 1. The number of aromatic hydroxyl groups is 1. The van der Waals surface area contributed by atoms with Crippen LogP contribution >= 0.6 is 0 Å². The van der Waals surface area contributed by atoms with Crippen LogP contribution < -0.4 is 0 Å². The molecule has 1 aliphatic rings. The molecule has 0 aliphatic carbocycles. The Bertz CT molecular complexity index is 1070. The number of hydrogen-bond donors (Lipinski definition) is 2. The summed E-state index contributed by atoms with van der Waals surface area (Å²) in [6.07, 6.45) is 6.72. The van der Waals surface area contributed by atoms with Gasteiger partial charge in [-0.05, 0) is 42.4 Å². The van der Waals surface area contributed by atoms with Crippen molar-refractivity contribution in [2.24, 2.45) is 4.99 Å². The molecule has 30 heavy (non-hydrogen) atoms. The van der Waals surface area contributed by atoms with Crippen LogP contribution in [0.25, 0.3) is 11.3 Å². The van der Waals surface area contributed by atoms with E-state index in [1.807, 2.05) is 24.3 Å². The fourth-order valence-electron chi connectivity index (χ4n) is 4.00. The summed E-state index contributed by atoms with van der Waals surface area (Å²) in [5, 5.41) is 10.6. The molecule has 0 spiro atoms. The molecule has 0 saturated heterocycles. The number of unbranched alkanes of at least 4 members (excludes halogenated alkanes) is 2. The first-order valence-electron chi connectivity index (χ1n) is 10.9. The van der Waals surface area contributed by atoms with Gasteiger partial charge in [-0.3, -0.25) is 4.79 Å². The molecule has 1 amide bonds. The second kappa shape index (κ2) is 8.70. The number of benzene rings is 2. The number of aromatic nitrogens is 1. The van der Waals surface area contributed by atoms with Crippen LogP contribution in [0.3, 0.4) is 0 Å². The largest absolute Gasteiger partial charge is 0.494 e. The van der Waals surface area contributed by atoms with Crippen LogP contribution in [0.5, 0.6) is 5.88 Å². The molecular weight excluding hydrogens is 372 g/mol. The van der Waals surface area contributed by atoms with Crippen LogP contribution in [-0.2, 0) is 12.8 Å². The fourth-order valence-corrected chi connectivity index (χ4v) is 4.00. The van der Waals surface area contributed by atoms with Gasteiger partial charge in [-0.2, -0.15) is 0 Å². The van der Waals surface area contributed by atoms with Gasteiger partial charge in [-0.25, -0.2) is 4.99 Å². The Morgan fingerprint density at radius 2 is 1.33 bits per heavy atom. The van der Waals surface area contributed by atoms with Gasteiger partial charge in [0.05, 0.1) is 22.5 Å². The second-order valence-electron chi connectivity index (χ2n) is 7.97. The number of nitrogens with one attached hydrogen (secondary N) is 1. The van der Waals surface area contributed by atoms with Gasteiger partial charge in [0.15, 0.2) is 5.88 Å². The van der Waals surface area contributed by atoms with E-state index in [-0.39, 0.29) is 11.8 Å². The quantitative estimate of drug-likeness (QED) is 0.482. The summed E-state index contributed by atoms with van der Waals surface area (Å²) in [6.45, 7) is 4.36. The van der Waals surface area contributed by atoms with E-state index in [0.717, 1.165) is 49.7 Å². The van der Waals surface area contributed by atoms with Crippen molar-refractivity contribution in [3.63, 3.8) is 0 Å². The Morgan fingerprint density at radius 1 is 0.800 bits per heavy atom. The zero-order chi connectivity index (χ0) is 21.1. The Hall–Kier alpha value is -3.14. The zero-order valence-corrected chi connectivity index (χ0v) is 17.7. The molecule has 154 valence electrons. The van der Waals surface area contributed by atoms with Crippen molar-refractivity contribution in [3.8, 4) is 17.1 Å². The Balaban J connectivity index is 1.65. The molecule has 0 bridgehead atoms. The van der Waals surface area contributed by atoms with Crippen LogP contribution in [-0.4, -0.2) is 21.7 Å². The molecule has 1 aromatic heterocycles. The summed E-state index contributed by atoms with van der Waals surface area (Å²) in [4.78, 5) is 20.1. The molecule has 1 aliphatic heterocycles. The van der Waals surface area contributed by atoms with Crippen molar-refractivity contribution in [2.75, 3.05) is 0 Å². The molecule has 2 aromatic carbocycles. The molecule has 0 radical (unpaired) electrons. The fraction of sp³-hybridized carbons (Fsp3) is 0.308. The van der Waals surface area contributed by atoms with Crippen LogP contribution in [0.4, 0.5) is 0 Å². The maximum absolute atomic E-state index is 12.8. The molecule has 3 aromatic rings. The molecule has 2 heterocycles.